The quantitative estimate of drug-likeness (QED) is 0.106. The molecular weight excluding hydrogens is 416 g/mol. The van der Waals surface area contributed by atoms with Crippen molar-refractivity contribution in [3.63, 3.8) is 0 Å². The van der Waals surface area contributed by atoms with E-state index in [2.05, 4.69) is 6.92 Å². The van der Waals surface area contributed by atoms with Crippen LogP contribution in [0, 0.1) is 0 Å². The molecule has 33 heavy (non-hydrogen) atoms. The minimum Gasteiger partial charge on any atom is -0.478 e. The van der Waals surface area contributed by atoms with E-state index < -0.39 is 11.9 Å². The summed E-state index contributed by atoms with van der Waals surface area (Å²) >= 11 is 0. The lowest BCUT2D eigenvalue weighted by atomic mass is 10.0. The predicted octanol–water partition coefficient (Wildman–Crippen LogP) is 8.51. The number of hydrogen-bond acceptors (Lipinski definition) is 4. The molecule has 0 spiro atoms. The SMILES string of the molecule is CCCCCCCCCCCCCCCCCCCCOOC(=O)c1ccccc1C(=O)O. The van der Waals surface area contributed by atoms with Crippen molar-refractivity contribution in [1.29, 1.82) is 0 Å². The smallest absolute Gasteiger partial charge is 0.373 e. The Morgan fingerprint density at radius 1 is 0.636 bits per heavy atom. The van der Waals surface area contributed by atoms with Crippen LogP contribution in [-0.2, 0) is 9.78 Å². The molecule has 0 saturated heterocycles. The molecule has 0 radical (unpaired) electrons. The first-order chi connectivity index (χ1) is 16.2. The maximum absolute atomic E-state index is 12.0. The molecule has 5 nitrogen and oxygen atoms in total. The third-order valence-electron chi connectivity index (χ3n) is 6.09. The van der Waals surface area contributed by atoms with Crippen molar-refractivity contribution in [3.05, 3.63) is 35.4 Å². The Balaban J connectivity index is 1.83. The van der Waals surface area contributed by atoms with Gasteiger partial charge in [-0.3, -0.25) is 4.89 Å². The molecule has 0 atom stereocenters. The van der Waals surface area contributed by atoms with Gasteiger partial charge in [0.2, 0.25) is 0 Å². The van der Waals surface area contributed by atoms with E-state index in [0.717, 1.165) is 19.3 Å². The summed E-state index contributed by atoms with van der Waals surface area (Å²) in [7, 11) is 0. The van der Waals surface area contributed by atoms with Crippen molar-refractivity contribution < 1.29 is 24.5 Å². The number of carbonyl (C=O) groups is 2. The standard InChI is InChI=1S/C28H46O5/c1-2-3-4-5-6-7-8-9-10-11-12-13-14-15-16-17-18-21-24-32-33-28(31)26-23-20-19-22-25(26)27(29)30/h19-20,22-23H,2-18,21,24H2,1H3,(H,29,30). The van der Waals surface area contributed by atoms with Gasteiger partial charge in [-0.25, -0.2) is 9.59 Å². The van der Waals surface area contributed by atoms with Gasteiger partial charge in [0.15, 0.2) is 0 Å². The molecular formula is C28H46O5. The van der Waals surface area contributed by atoms with Crippen LogP contribution in [0.2, 0.25) is 0 Å². The highest BCUT2D eigenvalue weighted by molar-refractivity contribution is 6.02. The molecule has 0 amide bonds. The van der Waals surface area contributed by atoms with Gasteiger partial charge in [0.05, 0.1) is 17.7 Å². The van der Waals surface area contributed by atoms with Crippen molar-refractivity contribution in [2.45, 2.75) is 122 Å². The van der Waals surface area contributed by atoms with Crippen LogP contribution in [0.5, 0.6) is 0 Å². The Hall–Kier alpha value is -1.88. The third-order valence-corrected chi connectivity index (χ3v) is 6.09. The molecule has 5 heteroatoms. The molecule has 1 aromatic carbocycles. The van der Waals surface area contributed by atoms with Gasteiger partial charge in [0, 0.05) is 0 Å². The lowest BCUT2D eigenvalue weighted by Crippen LogP contribution is -2.12. The fraction of sp³-hybridized carbons (Fsp3) is 0.714. The number of aromatic carboxylic acids is 1. The minimum absolute atomic E-state index is 0.00260. The highest BCUT2D eigenvalue weighted by atomic mass is 17.2. The largest absolute Gasteiger partial charge is 0.478 e. The summed E-state index contributed by atoms with van der Waals surface area (Å²) in [5, 5.41) is 9.11. The highest BCUT2D eigenvalue weighted by Gasteiger charge is 2.17. The van der Waals surface area contributed by atoms with E-state index in [1.54, 1.807) is 12.1 Å². The van der Waals surface area contributed by atoms with Gasteiger partial charge in [0.1, 0.15) is 0 Å². The van der Waals surface area contributed by atoms with E-state index in [0.29, 0.717) is 6.61 Å². The molecule has 0 fully saturated rings. The molecule has 188 valence electrons. The average molecular weight is 463 g/mol. The van der Waals surface area contributed by atoms with Gasteiger partial charge in [-0.2, -0.15) is 4.89 Å². The van der Waals surface area contributed by atoms with Gasteiger partial charge in [-0.15, -0.1) is 0 Å². The van der Waals surface area contributed by atoms with Crippen LogP contribution in [0.1, 0.15) is 143 Å². The zero-order valence-electron chi connectivity index (χ0n) is 20.8. The van der Waals surface area contributed by atoms with Crippen molar-refractivity contribution in [2.24, 2.45) is 0 Å². The fourth-order valence-electron chi connectivity index (χ4n) is 4.05. The summed E-state index contributed by atoms with van der Waals surface area (Å²) < 4.78 is 0. The third kappa shape index (κ3) is 15.6. The number of carboxylic acids is 1. The summed E-state index contributed by atoms with van der Waals surface area (Å²) in [5.41, 5.74) is -0.0814. The zero-order chi connectivity index (χ0) is 24.0. The van der Waals surface area contributed by atoms with Gasteiger partial charge in [-0.05, 0) is 18.6 Å². The van der Waals surface area contributed by atoms with Crippen LogP contribution < -0.4 is 0 Å². The van der Waals surface area contributed by atoms with Gasteiger partial charge in [0.25, 0.3) is 0 Å². The Bertz CT molecular complexity index is 628. The number of carboxylic acid groups (broad SMARTS) is 1. The molecule has 1 rings (SSSR count). The Labute approximate surface area is 201 Å². The topological polar surface area (TPSA) is 72.8 Å². The molecule has 0 saturated carbocycles. The Morgan fingerprint density at radius 2 is 1.03 bits per heavy atom. The molecule has 0 unspecified atom stereocenters. The van der Waals surface area contributed by atoms with Gasteiger partial charge >= 0.3 is 11.9 Å². The molecule has 0 bridgehead atoms. The molecule has 0 aliphatic rings. The van der Waals surface area contributed by atoms with Crippen molar-refractivity contribution in [3.8, 4) is 0 Å². The number of unbranched alkanes of at least 4 members (excludes halogenated alkanes) is 17. The van der Waals surface area contributed by atoms with Crippen LogP contribution >= 0.6 is 0 Å². The van der Waals surface area contributed by atoms with Crippen LogP contribution in [0.4, 0.5) is 0 Å². The fourth-order valence-corrected chi connectivity index (χ4v) is 4.05. The van der Waals surface area contributed by atoms with E-state index in [9.17, 15) is 9.59 Å². The summed E-state index contributed by atoms with van der Waals surface area (Å²) in [5.74, 6) is -1.93. The van der Waals surface area contributed by atoms with Crippen molar-refractivity contribution in [2.75, 3.05) is 6.61 Å². The summed E-state index contributed by atoms with van der Waals surface area (Å²) in [6, 6.07) is 5.96. The van der Waals surface area contributed by atoms with E-state index in [1.807, 2.05) is 0 Å². The van der Waals surface area contributed by atoms with E-state index in [4.69, 9.17) is 14.9 Å². The molecule has 0 aromatic heterocycles. The second-order valence-electron chi connectivity index (χ2n) is 9.05. The monoisotopic (exact) mass is 462 g/mol. The zero-order valence-corrected chi connectivity index (χ0v) is 20.8. The average Bonchev–Trinajstić information content (AvgIpc) is 2.82. The first kappa shape index (κ1) is 29.2. The van der Waals surface area contributed by atoms with Crippen LogP contribution in [0.15, 0.2) is 24.3 Å². The van der Waals surface area contributed by atoms with Gasteiger partial charge < -0.3 is 5.11 Å². The minimum atomic E-state index is -1.16. The van der Waals surface area contributed by atoms with Crippen molar-refractivity contribution in [1.82, 2.24) is 0 Å². The summed E-state index contributed by atoms with van der Waals surface area (Å²) in [6.07, 6.45) is 23.7. The number of rotatable bonds is 22. The van der Waals surface area contributed by atoms with E-state index in [1.165, 1.54) is 108 Å². The Morgan fingerprint density at radius 3 is 1.45 bits per heavy atom. The number of benzene rings is 1. The summed E-state index contributed by atoms with van der Waals surface area (Å²) in [4.78, 5) is 32.8. The lowest BCUT2D eigenvalue weighted by molar-refractivity contribution is -0.241. The van der Waals surface area contributed by atoms with Crippen LogP contribution in [0.3, 0.4) is 0 Å². The molecule has 0 heterocycles. The lowest BCUT2D eigenvalue weighted by Gasteiger charge is -2.06. The van der Waals surface area contributed by atoms with Crippen LogP contribution in [0.25, 0.3) is 0 Å². The maximum Gasteiger partial charge on any atom is 0.373 e. The molecule has 1 aromatic rings. The molecule has 0 aliphatic carbocycles. The number of carbonyl (C=O) groups excluding carboxylic acids is 1. The molecule has 1 N–H and O–H groups in total. The van der Waals surface area contributed by atoms with Crippen LogP contribution in [-0.4, -0.2) is 23.7 Å². The second kappa shape index (κ2) is 20.7. The number of hydrogen-bond donors (Lipinski definition) is 1. The van der Waals surface area contributed by atoms with Crippen molar-refractivity contribution >= 4 is 11.9 Å². The van der Waals surface area contributed by atoms with E-state index in [-0.39, 0.29) is 11.1 Å². The predicted molar refractivity (Wildman–Crippen MR) is 134 cm³/mol. The second-order valence-corrected chi connectivity index (χ2v) is 9.05. The normalized spacial score (nSPS) is 10.9. The first-order valence-corrected chi connectivity index (χ1v) is 13.3. The highest BCUT2D eigenvalue weighted by Crippen LogP contribution is 2.15. The Kier molecular flexibility index (Phi) is 18.3. The summed E-state index contributed by atoms with van der Waals surface area (Å²) in [6.45, 7) is 2.61. The maximum atomic E-state index is 12.0. The first-order valence-electron chi connectivity index (χ1n) is 13.3. The van der Waals surface area contributed by atoms with E-state index >= 15 is 0 Å². The molecule has 0 aliphatic heterocycles. The van der Waals surface area contributed by atoms with Gasteiger partial charge in [-0.1, -0.05) is 128 Å².